The van der Waals surface area contributed by atoms with Gasteiger partial charge in [0, 0.05) is 53.0 Å². The lowest BCUT2D eigenvalue weighted by Crippen LogP contribution is -2.45. The molecule has 6 heteroatoms. The van der Waals surface area contributed by atoms with Crippen LogP contribution in [0.2, 0.25) is 0 Å². The topological polar surface area (TPSA) is 51.2 Å². The van der Waals surface area contributed by atoms with E-state index in [9.17, 15) is 4.79 Å². The Morgan fingerprint density at radius 2 is 1.81 bits per heavy atom. The fraction of sp³-hybridized carbons (Fsp3) is 0.600. The second kappa shape index (κ2) is 10.7. The van der Waals surface area contributed by atoms with Gasteiger partial charge in [-0.25, -0.2) is 4.99 Å². The summed E-state index contributed by atoms with van der Waals surface area (Å²) in [7, 11) is 5.65. The molecule has 1 fully saturated rings. The van der Waals surface area contributed by atoms with Crippen LogP contribution in [0.1, 0.15) is 25.7 Å². The molecule has 144 valence electrons. The predicted molar refractivity (Wildman–Crippen MR) is 109 cm³/mol. The lowest BCUT2D eigenvalue weighted by molar-refractivity contribution is -0.127. The molecule has 1 aliphatic heterocycles. The molecule has 1 aliphatic rings. The number of carbonyl (C=O) groups excluding carboxylic acids is 1. The van der Waals surface area contributed by atoms with E-state index >= 15 is 0 Å². The molecule has 1 aromatic carbocycles. The van der Waals surface area contributed by atoms with Gasteiger partial charge in [-0.3, -0.25) is 4.79 Å². The zero-order valence-corrected chi connectivity index (χ0v) is 16.4. The van der Waals surface area contributed by atoms with Gasteiger partial charge in [0.05, 0.1) is 0 Å². The van der Waals surface area contributed by atoms with Crippen LogP contribution in [0.3, 0.4) is 0 Å². The highest BCUT2D eigenvalue weighted by Crippen LogP contribution is 2.11. The minimum absolute atomic E-state index is 0.0325. The van der Waals surface area contributed by atoms with Gasteiger partial charge >= 0.3 is 0 Å². The summed E-state index contributed by atoms with van der Waals surface area (Å²) >= 11 is 0. The molecule has 0 aliphatic carbocycles. The van der Waals surface area contributed by atoms with Crippen molar-refractivity contribution in [2.45, 2.75) is 25.7 Å². The van der Waals surface area contributed by atoms with Crippen LogP contribution in [0.25, 0.3) is 0 Å². The molecule has 26 heavy (non-hydrogen) atoms. The van der Waals surface area contributed by atoms with Crippen molar-refractivity contribution >= 4 is 17.6 Å². The highest BCUT2D eigenvalue weighted by atomic mass is 16.2. The van der Waals surface area contributed by atoms with Gasteiger partial charge in [-0.1, -0.05) is 18.2 Å². The van der Waals surface area contributed by atoms with Crippen LogP contribution in [0.5, 0.6) is 0 Å². The first-order valence-electron chi connectivity index (χ1n) is 9.57. The number of benzene rings is 1. The third kappa shape index (κ3) is 6.58. The van der Waals surface area contributed by atoms with Gasteiger partial charge in [-0.15, -0.1) is 0 Å². The number of amides is 1. The molecule has 1 amide bonds. The van der Waals surface area contributed by atoms with E-state index in [1.165, 1.54) is 24.9 Å². The Balaban J connectivity index is 1.83. The number of piperidine rings is 1. The highest BCUT2D eigenvalue weighted by Gasteiger charge is 2.15. The maximum absolute atomic E-state index is 11.9. The van der Waals surface area contributed by atoms with Crippen molar-refractivity contribution in [3.8, 4) is 0 Å². The number of likely N-dealkylation sites (tertiary alicyclic amines) is 1. The van der Waals surface area contributed by atoms with E-state index in [-0.39, 0.29) is 12.5 Å². The van der Waals surface area contributed by atoms with Crippen molar-refractivity contribution in [3.63, 3.8) is 0 Å². The molecule has 0 aromatic heterocycles. The van der Waals surface area contributed by atoms with Crippen LogP contribution < -0.4 is 10.2 Å². The van der Waals surface area contributed by atoms with Crippen molar-refractivity contribution in [2.24, 2.45) is 4.99 Å². The van der Waals surface area contributed by atoms with Gasteiger partial charge < -0.3 is 20.0 Å². The molecule has 1 heterocycles. The normalized spacial score (nSPS) is 14.9. The zero-order valence-electron chi connectivity index (χ0n) is 16.4. The largest absolute Gasteiger partial charge is 0.375 e. The Morgan fingerprint density at radius 3 is 2.46 bits per heavy atom. The average Bonchev–Trinajstić information content (AvgIpc) is 2.68. The molecular formula is C20H33N5O. The number of nitrogens with zero attached hydrogens (tertiary/aromatic N) is 4. The molecule has 0 spiro atoms. The van der Waals surface area contributed by atoms with Crippen LogP contribution in [0.15, 0.2) is 35.3 Å². The maximum atomic E-state index is 11.9. The van der Waals surface area contributed by atoms with Gasteiger partial charge in [0.2, 0.25) is 5.91 Å². The van der Waals surface area contributed by atoms with Crippen LogP contribution >= 0.6 is 0 Å². The number of rotatable bonds is 7. The molecule has 1 aromatic rings. The fourth-order valence-electron chi connectivity index (χ4n) is 2.99. The van der Waals surface area contributed by atoms with Crippen molar-refractivity contribution in [2.75, 3.05) is 58.8 Å². The van der Waals surface area contributed by atoms with Crippen LogP contribution in [-0.2, 0) is 4.79 Å². The van der Waals surface area contributed by atoms with E-state index in [1.807, 2.05) is 6.07 Å². The molecule has 6 nitrogen and oxygen atoms in total. The monoisotopic (exact) mass is 359 g/mol. The third-order valence-corrected chi connectivity index (χ3v) is 4.67. The minimum Gasteiger partial charge on any atom is -0.375 e. The summed E-state index contributed by atoms with van der Waals surface area (Å²) in [4.78, 5) is 22.6. The maximum Gasteiger partial charge on any atom is 0.243 e. The number of guanidine groups is 1. The van der Waals surface area contributed by atoms with Gasteiger partial charge in [-0.2, -0.15) is 0 Å². The first kappa shape index (κ1) is 20.1. The van der Waals surface area contributed by atoms with E-state index in [0.717, 1.165) is 38.6 Å². The van der Waals surface area contributed by atoms with Gasteiger partial charge in [0.15, 0.2) is 5.96 Å². The standard InChI is InChI=1S/C20H33N5O/c1-23(2)19(26)17-22-20(25-15-8-5-9-16-25)21-13-10-14-24(3)18-11-6-4-7-12-18/h4,6-7,11-12H,5,8-10,13-17H2,1-3H3,(H,21,22). The lowest BCUT2D eigenvalue weighted by Gasteiger charge is -2.30. The summed E-state index contributed by atoms with van der Waals surface area (Å²) in [5.41, 5.74) is 1.23. The summed E-state index contributed by atoms with van der Waals surface area (Å²) < 4.78 is 0. The Bertz CT molecular complexity index is 567. The van der Waals surface area contributed by atoms with E-state index in [4.69, 9.17) is 0 Å². The number of hydrogen-bond acceptors (Lipinski definition) is 3. The van der Waals surface area contributed by atoms with Gasteiger partial charge in [0.1, 0.15) is 6.54 Å². The zero-order chi connectivity index (χ0) is 18.8. The number of para-hydroxylation sites is 1. The smallest absolute Gasteiger partial charge is 0.243 e. The Labute approximate surface area is 157 Å². The predicted octanol–water partition coefficient (Wildman–Crippen LogP) is 2.03. The molecule has 0 saturated carbocycles. The first-order chi connectivity index (χ1) is 12.6. The van der Waals surface area contributed by atoms with E-state index in [0.29, 0.717) is 0 Å². The summed E-state index contributed by atoms with van der Waals surface area (Å²) in [6, 6.07) is 10.4. The summed E-state index contributed by atoms with van der Waals surface area (Å²) in [6.07, 6.45) is 4.68. The second-order valence-corrected chi connectivity index (χ2v) is 7.01. The fourth-order valence-corrected chi connectivity index (χ4v) is 2.99. The SMILES string of the molecule is CN(C)C(=O)CN=C(NCCCN(C)c1ccccc1)N1CCCCC1. The molecule has 2 rings (SSSR count). The number of anilines is 1. The second-order valence-electron chi connectivity index (χ2n) is 7.01. The number of carbonyl (C=O) groups is 1. The third-order valence-electron chi connectivity index (χ3n) is 4.67. The minimum atomic E-state index is 0.0325. The Kier molecular flexibility index (Phi) is 8.25. The van der Waals surface area contributed by atoms with Crippen LogP contribution in [0.4, 0.5) is 5.69 Å². The van der Waals surface area contributed by atoms with Crippen molar-refractivity contribution in [1.29, 1.82) is 0 Å². The quantitative estimate of drug-likeness (QED) is 0.460. The van der Waals surface area contributed by atoms with Gasteiger partial charge in [0.25, 0.3) is 0 Å². The number of nitrogens with one attached hydrogen (secondary N) is 1. The molecule has 1 saturated heterocycles. The van der Waals surface area contributed by atoms with E-state index in [2.05, 4.69) is 51.4 Å². The first-order valence-corrected chi connectivity index (χ1v) is 9.57. The molecule has 0 radical (unpaired) electrons. The Morgan fingerprint density at radius 1 is 1.12 bits per heavy atom. The Hall–Kier alpha value is -2.24. The van der Waals surface area contributed by atoms with Crippen molar-refractivity contribution in [3.05, 3.63) is 30.3 Å². The molecule has 0 unspecified atom stereocenters. The highest BCUT2D eigenvalue weighted by molar-refractivity contribution is 5.84. The molecular weight excluding hydrogens is 326 g/mol. The molecule has 0 atom stereocenters. The summed E-state index contributed by atoms with van der Waals surface area (Å²) in [6.45, 7) is 4.07. The average molecular weight is 360 g/mol. The van der Waals surface area contributed by atoms with Crippen molar-refractivity contribution < 1.29 is 4.79 Å². The summed E-state index contributed by atoms with van der Waals surface area (Å²) in [5.74, 6) is 0.910. The van der Waals surface area contributed by atoms with E-state index in [1.54, 1.807) is 19.0 Å². The molecule has 0 bridgehead atoms. The number of hydrogen-bond donors (Lipinski definition) is 1. The number of aliphatic imine (C=N–C) groups is 1. The van der Waals surface area contributed by atoms with Crippen LogP contribution in [0, 0.1) is 0 Å². The molecule has 1 N–H and O–H groups in total. The lowest BCUT2D eigenvalue weighted by atomic mass is 10.1. The van der Waals surface area contributed by atoms with Crippen LogP contribution in [-0.4, -0.2) is 75.5 Å². The van der Waals surface area contributed by atoms with Crippen molar-refractivity contribution in [1.82, 2.24) is 15.1 Å². The van der Waals surface area contributed by atoms with E-state index < -0.39 is 0 Å². The number of likely N-dealkylation sites (N-methyl/N-ethyl adjacent to an activating group) is 1. The summed E-state index contributed by atoms with van der Waals surface area (Å²) in [5, 5.41) is 3.47. The van der Waals surface area contributed by atoms with Gasteiger partial charge in [-0.05, 0) is 37.8 Å².